The Morgan fingerprint density at radius 2 is 0.911 bits per heavy atom. The van der Waals surface area contributed by atoms with Crippen molar-refractivity contribution in [3.8, 4) is 45.6 Å². The van der Waals surface area contributed by atoms with Crippen LogP contribution in [0, 0.1) is 20.2 Å². The molecular weight excluding hydrogens is 732 g/mol. The number of nitro benzene ring substituents is 2. The van der Waals surface area contributed by atoms with E-state index in [0.29, 0.717) is 23.0 Å². The second kappa shape index (κ2) is 16.7. The molecule has 0 amide bonds. The predicted octanol–water partition coefficient (Wildman–Crippen LogP) is 8.88. The fourth-order valence-corrected chi connectivity index (χ4v) is 5.19. The number of benzene rings is 6. The van der Waals surface area contributed by atoms with Crippen LogP contribution in [0.1, 0.15) is 36.6 Å². The molecule has 0 heterocycles. The number of hydrogen-bond acceptors (Lipinski definition) is 12. The van der Waals surface area contributed by atoms with Crippen molar-refractivity contribution < 1.29 is 58.4 Å². The standard InChI is InChI=1S/C40H26N2O14/c43-38(44)35-19-5-27(41(48)49)21-26(35)23-52-56-34-17-15-32(16-18-34)54-30-9-3-25(4-10-30)24-1-7-29(8-2-24)53-31-11-13-33(14-12-31)55-40(47)37-22-28(42(50)51)6-20-36(37)39(45)46/h1-22H,23H2,(H,43,44)(H,45,46). The number of non-ortho nitro benzene ring substituents is 2. The molecular formula is C40H26N2O14. The van der Waals surface area contributed by atoms with E-state index in [1.165, 1.54) is 24.3 Å². The molecule has 280 valence electrons. The summed E-state index contributed by atoms with van der Waals surface area (Å²) in [7, 11) is 0. The number of carboxylic acids is 2. The zero-order chi connectivity index (χ0) is 39.8. The highest BCUT2D eigenvalue weighted by Crippen LogP contribution is 2.31. The first-order valence-electron chi connectivity index (χ1n) is 16.2. The van der Waals surface area contributed by atoms with Crippen LogP contribution in [0.15, 0.2) is 133 Å². The molecule has 0 aliphatic heterocycles. The molecule has 0 bridgehead atoms. The third-order valence-electron chi connectivity index (χ3n) is 7.94. The van der Waals surface area contributed by atoms with E-state index in [9.17, 15) is 44.8 Å². The molecule has 6 rings (SSSR count). The Labute approximate surface area is 315 Å². The lowest BCUT2D eigenvalue weighted by Gasteiger charge is -2.10. The first-order valence-corrected chi connectivity index (χ1v) is 16.2. The van der Waals surface area contributed by atoms with Crippen LogP contribution in [-0.4, -0.2) is 38.0 Å². The van der Waals surface area contributed by atoms with Gasteiger partial charge in [0.2, 0.25) is 0 Å². The highest BCUT2D eigenvalue weighted by molar-refractivity contribution is 6.03. The number of carbonyl (C=O) groups excluding carboxylic acids is 1. The van der Waals surface area contributed by atoms with E-state index in [1.54, 1.807) is 48.5 Å². The van der Waals surface area contributed by atoms with Crippen LogP contribution in [0.25, 0.3) is 11.1 Å². The monoisotopic (exact) mass is 758 g/mol. The number of carbonyl (C=O) groups is 3. The Balaban J connectivity index is 0.997. The number of nitrogens with zero attached hydrogens (tertiary/aromatic N) is 2. The largest absolute Gasteiger partial charge is 0.478 e. The van der Waals surface area contributed by atoms with E-state index in [1.807, 2.05) is 24.3 Å². The van der Waals surface area contributed by atoms with Gasteiger partial charge in [-0.2, -0.15) is 4.89 Å². The molecule has 6 aromatic rings. The van der Waals surface area contributed by atoms with E-state index in [4.69, 9.17) is 24.0 Å². The van der Waals surface area contributed by atoms with Crippen molar-refractivity contribution in [3.05, 3.63) is 176 Å². The predicted molar refractivity (Wildman–Crippen MR) is 195 cm³/mol. The van der Waals surface area contributed by atoms with Crippen molar-refractivity contribution in [2.45, 2.75) is 6.61 Å². The number of esters is 1. The molecule has 6 aromatic carbocycles. The molecule has 0 saturated carbocycles. The third kappa shape index (κ3) is 9.27. The number of ether oxygens (including phenoxy) is 3. The molecule has 0 atom stereocenters. The Morgan fingerprint density at radius 1 is 0.500 bits per heavy atom. The highest BCUT2D eigenvalue weighted by atomic mass is 17.2. The van der Waals surface area contributed by atoms with Crippen molar-refractivity contribution in [2.24, 2.45) is 0 Å². The van der Waals surface area contributed by atoms with Gasteiger partial charge in [-0.05, 0) is 96.1 Å². The lowest BCUT2D eigenvalue weighted by Crippen LogP contribution is -2.14. The van der Waals surface area contributed by atoms with E-state index in [0.717, 1.165) is 47.5 Å². The average molecular weight is 759 g/mol. The average Bonchev–Trinajstić information content (AvgIpc) is 3.19. The Hall–Kier alpha value is -8.11. The van der Waals surface area contributed by atoms with Crippen LogP contribution in [0.5, 0.6) is 34.5 Å². The summed E-state index contributed by atoms with van der Waals surface area (Å²) < 4.78 is 17.1. The van der Waals surface area contributed by atoms with Crippen LogP contribution in [0.4, 0.5) is 11.4 Å². The van der Waals surface area contributed by atoms with Crippen molar-refractivity contribution in [1.29, 1.82) is 0 Å². The van der Waals surface area contributed by atoms with Gasteiger partial charge >= 0.3 is 17.9 Å². The summed E-state index contributed by atoms with van der Waals surface area (Å²) in [6.07, 6.45) is 0. The van der Waals surface area contributed by atoms with Crippen LogP contribution >= 0.6 is 0 Å². The Kier molecular flexibility index (Phi) is 11.2. The molecule has 0 radical (unpaired) electrons. The second-order valence-corrected chi connectivity index (χ2v) is 11.6. The highest BCUT2D eigenvalue weighted by Gasteiger charge is 2.22. The molecule has 0 saturated heterocycles. The zero-order valence-electron chi connectivity index (χ0n) is 28.6. The van der Waals surface area contributed by atoms with Crippen molar-refractivity contribution in [3.63, 3.8) is 0 Å². The zero-order valence-corrected chi connectivity index (χ0v) is 28.6. The minimum absolute atomic E-state index is 0.0696. The van der Waals surface area contributed by atoms with Gasteiger partial charge in [0.05, 0.1) is 26.5 Å². The van der Waals surface area contributed by atoms with Crippen molar-refractivity contribution >= 4 is 29.3 Å². The topological polar surface area (TPSA) is 224 Å². The smallest absolute Gasteiger partial charge is 0.344 e. The van der Waals surface area contributed by atoms with Gasteiger partial charge in [0.15, 0.2) is 5.75 Å². The van der Waals surface area contributed by atoms with E-state index in [2.05, 4.69) is 0 Å². The van der Waals surface area contributed by atoms with E-state index < -0.39 is 44.6 Å². The Bertz CT molecular complexity index is 2430. The summed E-state index contributed by atoms with van der Waals surface area (Å²) >= 11 is 0. The fourth-order valence-electron chi connectivity index (χ4n) is 5.19. The SMILES string of the molecule is O=C(O)c1ccc([N+](=O)[O-])cc1COOc1ccc(Oc2ccc(-c3ccc(Oc4ccc(OC(=O)c5cc([N+](=O)[O-])ccc5C(=O)O)cc4)cc3)cc2)cc1. The van der Waals surface area contributed by atoms with Gasteiger partial charge in [-0.25, -0.2) is 14.4 Å². The first-order chi connectivity index (χ1) is 26.9. The molecule has 2 N–H and O–H groups in total. The normalized spacial score (nSPS) is 10.6. The summed E-state index contributed by atoms with van der Waals surface area (Å²) in [6, 6.07) is 33.1. The van der Waals surface area contributed by atoms with Crippen LogP contribution in [0.3, 0.4) is 0 Å². The summed E-state index contributed by atoms with van der Waals surface area (Å²) in [5.41, 5.74) is 0.117. The molecule has 0 aliphatic rings. The minimum Gasteiger partial charge on any atom is -0.478 e. The maximum Gasteiger partial charge on any atom is 0.344 e. The fraction of sp³-hybridized carbons (Fsp3) is 0.0250. The molecule has 0 unspecified atom stereocenters. The number of aromatic carboxylic acids is 2. The van der Waals surface area contributed by atoms with Crippen LogP contribution in [-0.2, 0) is 11.5 Å². The second-order valence-electron chi connectivity index (χ2n) is 11.6. The Morgan fingerprint density at radius 3 is 1.38 bits per heavy atom. The van der Waals surface area contributed by atoms with E-state index >= 15 is 0 Å². The molecule has 0 fully saturated rings. The minimum atomic E-state index is -1.44. The van der Waals surface area contributed by atoms with Crippen molar-refractivity contribution in [1.82, 2.24) is 0 Å². The molecule has 0 aliphatic carbocycles. The lowest BCUT2D eigenvalue weighted by molar-refractivity contribution is -0.385. The molecule has 16 nitrogen and oxygen atoms in total. The number of hydrogen-bond donors (Lipinski definition) is 2. The first kappa shape index (κ1) is 37.6. The van der Waals surface area contributed by atoms with Gasteiger partial charge in [0.1, 0.15) is 35.4 Å². The third-order valence-corrected chi connectivity index (χ3v) is 7.94. The van der Waals surface area contributed by atoms with Gasteiger partial charge in [-0.1, -0.05) is 24.3 Å². The van der Waals surface area contributed by atoms with Crippen LogP contribution in [0.2, 0.25) is 0 Å². The van der Waals surface area contributed by atoms with Gasteiger partial charge in [-0.15, -0.1) is 0 Å². The van der Waals surface area contributed by atoms with E-state index in [-0.39, 0.29) is 34.9 Å². The van der Waals surface area contributed by atoms with Gasteiger partial charge in [-0.3, -0.25) is 20.2 Å². The van der Waals surface area contributed by atoms with Gasteiger partial charge < -0.3 is 29.3 Å². The lowest BCUT2D eigenvalue weighted by atomic mass is 10.1. The molecule has 56 heavy (non-hydrogen) atoms. The van der Waals surface area contributed by atoms with Crippen LogP contribution < -0.4 is 19.1 Å². The number of nitro groups is 2. The summed E-state index contributed by atoms with van der Waals surface area (Å²) in [5, 5.41) is 40.9. The molecule has 16 heteroatoms. The molecule has 0 spiro atoms. The molecule has 0 aromatic heterocycles. The number of carboxylic acid groups (broad SMARTS) is 2. The van der Waals surface area contributed by atoms with Crippen molar-refractivity contribution in [2.75, 3.05) is 0 Å². The quantitative estimate of drug-likeness (QED) is 0.0328. The van der Waals surface area contributed by atoms with Gasteiger partial charge in [0, 0.05) is 29.8 Å². The van der Waals surface area contributed by atoms with Gasteiger partial charge in [0.25, 0.3) is 11.4 Å². The number of rotatable bonds is 15. The summed E-state index contributed by atoms with van der Waals surface area (Å²) in [4.78, 5) is 66.8. The summed E-state index contributed by atoms with van der Waals surface area (Å²) in [5.74, 6) is -1.40. The summed E-state index contributed by atoms with van der Waals surface area (Å²) in [6.45, 7) is -0.340. The maximum absolute atomic E-state index is 12.7. The maximum atomic E-state index is 12.7.